The molecule has 7 nitrogen and oxygen atoms in total. The summed E-state index contributed by atoms with van der Waals surface area (Å²) in [5.74, 6) is -2.44. The highest BCUT2D eigenvalue weighted by Gasteiger charge is 2.33. The maximum Gasteiger partial charge on any atom is 0.344 e. The van der Waals surface area contributed by atoms with Crippen molar-refractivity contribution in [3.05, 3.63) is 92.6 Å². The zero-order valence-corrected chi connectivity index (χ0v) is 27.1. The molecule has 0 aliphatic carbocycles. The van der Waals surface area contributed by atoms with Crippen molar-refractivity contribution in [2.24, 2.45) is 0 Å². The Kier molecular flexibility index (Phi) is 11.7. The van der Waals surface area contributed by atoms with Crippen LogP contribution >= 0.6 is 0 Å². The van der Waals surface area contributed by atoms with Crippen LogP contribution in [-0.2, 0) is 6.42 Å². The van der Waals surface area contributed by atoms with Gasteiger partial charge in [-0.25, -0.2) is 14.4 Å². The molecule has 0 fully saturated rings. The van der Waals surface area contributed by atoms with Gasteiger partial charge in [-0.1, -0.05) is 34.9 Å². The van der Waals surface area contributed by atoms with Gasteiger partial charge in [-0.05, 0) is 141 Å². The molecule has 2 N–H and O–H groups in total. The van der Waals surface area contributed by atoms with E-state index in [-0.39, 0.29) is 22.3 Å². The van der Waals surface area contributed by atoms with Gasteiger partial charge in [0.25, 0.3) is 0 Å². The predicted molar refractivity (Wildman–Crippen MR) is 173 cm³/mol. The Balaban J connectivity index is 1.66. The van der Waals surface area contributed by atoms with Crippen LogP contribution in [0.25, 0.3) is 0 Å². The summed E-state index contributed by atoms with van der Waals surface area (Å²) >= 11 is 0. The lowest BCUT2D eigenvalue weighted by Crippen LogP contribution is -2.36. The SMILES string of the molecule is CC(C)=CCCC(C)=CCCC(C)=CCC[C@]1(C)CCc2cc(OC(=O)c3cc(C(=O)O)ccc3C(=O)O)c(C)c(C)c2O1. The third kappa shape index (κ3) is 9.18. The summed E-state index contributed by atoms with van der Waals surface area (Å²) in [6.45, 7) is 14.6. The van der Waals surface area contributed by atoms with Crippen molar-refractivity contribution in [3.8, 4) is 11.5 Å². The Morgan fingerprint density at radius 1 is 0.864 bits per heavy atom. The van der Waals surface area contributed by atoms with Crippen LogP contribution in [0, 0.1) is 13.8 Å². The minimum absolute atomic E-state index is 0.198. The van der Waals surface area contributed by atoms with Gasteiger partial charge in [-0.2, -0.15) is 0 Å². The monoisotopic (exact) mass is 602 g/mol. The molecule has 0 saturated heterocycles. The predicted octanol–water partition coefficient (Wildman–Crippen LogP) is 9.20. The number of allylic oxidation sites excluding steroid dienone is 6. The van der Waals surface area contributed by atoms with Gasteiger partial charge in [0, 0.05) is 0 Å². The summed E-state index contributed by atoms with van der Waals surface area (Å²) in [7, 11) is 0. The molecule has 0 bridgehead atoms. The molecule has 0 aromatic heterocycles. The van der Waals surface area contributed by atoms with Crippen molar-refractivity contribution in [1.82, 2.24) is 0 Å². The van der Waals surface area contributed by atoms with Gasteiger partial charge in [0.15, 0.2) is 0 Å². The fourth-order valence-corrected chi connectivity index (χ4v) is 5.38. The van der Waals surface area contributed by atoms with Crippen molar-refractivity contribution in [2.75, 3.05) is 0 Å². The summed E-state index contributed by atoms with van der Waals surface area (Å²) in [6.07, 6.45) is 14.6. The normalized spacial score (nSPS) is 16.5. The van der Waals surface area contributed by atoms with E-state index in [1.54, 1.807) is 6.07 Å². The molecule has 1 aliphatic rings. The van der Waals surface area contributed by atoms with Crippen molar-refractivity contribution in [2.45, 2.75) is 105 Å². The Bertz CT molecular complexity index is 1500. The number of benzene rings is 2. The zero-order valence-electron chi connectivity index (χ0n) is 27.1. The lowest BCUT2D eigenvalue weighted by Gasteiger charge is -2.37. The van der Waals surface area contributed by atoms with E-state index >= 15 is 0 Å². The number of carboxylic acids is 2. The number of esters is 1. The number of hydrogen-bond donors (Lipinski definition) is 2. The quantitative estimate of drug-likeness (QED) is 0.134. The number of aryl methyl sites for hydroxylation is 1. The van der Waals surface area contributed by atoms with E-state index in [1.165, 1.54) is 16.7 Å². The fourth-order valence-electron chi connectivity index (χ4n) is 5.38. The van der Waals surface area contributed by atoms with Crippen molar-refractivity contribution in [3.63, 3.8) is 0 Å². The number of ether oxygens (including phenoxy) is 2. The third-order valence-electron chi connectivity index (χ3n) is 8.35. The summed E-state index contributed by atoms with van der Waals surface area (Å²) in [4.78, 5) is 36.2. The molecular weight excluding hydrogens is 556 g/mol. The number of hydrogen-bond acceptors (Lipinski definition) is 5. The number of rotatable bonds is 13. The Morgan fingerprint density at radius 2 is 1.50 bits per heavy atom. The van der Waals surface area contributed by atoms with E-state index in [9.17, 15) is 24.6 Å². The second kappa shape index (κ2) is 15.0. The van der Waals surface area contributed by atoms with Crippen LogP contribution in [0.4, 0.5) is 0 Å². The second-order valence-corrected chi connectivity index (χ2v) is 12.4. The van der Waals surface area contributed by atoms with Crippen LogP contribution in [0.5, 0.6) is 11.5 Å². The molecule has 7 heteroatoms. The van der Waals surface area contributed by atoms with Gasteiger partial charge in [0.1, 0.15) is 17.1 Å². The molecule has 44 heavy (non-hydrogen) atoms. The fraction of sp³-hybridized carbons (Fsp3) is 0.432. The maximum absolute atomic E-state index is 13.1. The molecule has 236 valence electrons. The van der Waals surface area contributed by atoms with Gasteiger partial charge in [0.2, 0.25) is 0 Å². The lowest BCUT2D eigenvalue weighted by atomic mass is 9.86. The van der Waals surface area contributed by atoms with Gasteiger partial charge in [0.05, 0.1) is 16.7 Å². The van der Waals surface area contributed by atoms with E-state index in [0.29, 0.717) is 11.3 Å². The highest BCUT2D eigenvalue weighted by atomic mass is 16.5. The van der Waals surface area contributed by atoms with E-state index in [2.05, 4.69) is 52.8 Å². The average Bonchev–Trinajstić information content (AvgIpc) is 2.95. The molecule has 1 heterocycles. The number of fused-ring (bicyclic) bond motifs is 1. The first-order valence-corrected chi connectivity index (χ1v) is 15.3. The number of carbonyl (C=O) groups excluding carboxylic acids is 1. The maximum atomic E-state index is 13.1. The topological polar surface area (TPSA) is 110 Å². The van der Waals surface area contributed by atoms with Crippen molar-refractivity contribution in [1.29, 1.82) is 0 Å². The molecule has 0 saturated carbocycles. The van der Waals surface area contributed by atoms with E-state index < -0.39 is 17.9 Å². The zero-order chi connectivity index (χ0) is 32.6. The summed E-state index contributed by atoms with van der Waals surface area (Å²) in [6, 6.07) is 5.06. The van der Waals surface area contributed by atoms with Gasteiger partial charge >= 0.3 is 17.9 Å². The summed E-state index contributed by atoms with van der Waals surface area (Å²) in [5.41, 5.74) is 5.51. The highest BCUT2D eigenvalue weighted by Crippen LogP contribution is 2.42. The average molecular weight is 603 g/mol. The molecule has 3 rings (SSSR count). The molecule has 0 spiro atoms. The minimum Gasteiger partial charge on any atom is -0.487 e. The van der Waals surface area contributed by atoms with Gasteiger partial charge in [-0.3, -0.25) is 0 Å². The summed E-state index contributed by atoms with van der Waals surface area (Å²) in [5, 5.41) is 18.8. The first kappa shape index (κ1) is 34.4. The molecule has 1 aliphatic heterocycles. The minimum atomic E-state index is -1.34. The largest absolute Gasteiger partial charge is 0.487 e. The number of carbonyl (C=O) groups is 3. The molecular formula is C37H46O7. The standard InChI is InChI=1S/C37H46O7/c1-23(2)11-8-12-24(3)13-9-14-25(4)15-10-19-37(7)20-18-28-22-32(26(5)27(6)33(28)44-37)43-36(42)31-21-29(34(38)39)16-17-30(31)35(40)41/h11,13,15-17,21-22H,8-10,12,14,18-20H2,1-7H3,(H,38,39)(H,40,41)/t37-/m1/s1. The summed E-state index contributed by atoms with van der Waals surface area (Å²) < 4.78 is 12.2. The molecule has 0 unspecified atom stereocenters. The number of carboxylic acid groups (broad SMARTS) is 2. The Labute approximate surface area is 261 Å². The highest BCUT2D eigenvalue weighted by molar-refractivity contribution is 6.05. The van der Waals surface area contributed by atoms with Crippen LogP contribution in [0.15, 0.2) is 59.2 Å². The van der Waals surface area contributed by atoms with Crippen LogP contribution in [0.3, 0.4) is 0 Å². The molecule has 2 aromatic rings. The molecule has 0 amide bonds. The first-order chi connectivity index (χ1) is 20.7. The second-order valence-electron chi connectivity index (χ2n) is 12.4. The van der Waals surface area contributed by atoms with Crippen molar-refractivity contribution >= 4 is 17.9 Å². The van der Waals surface area contributed by atoms with Gasteiger partial charge in [-0.15, -0.1) is 0 Å². The Hall–Kier alpha value is -4.13. The molecule has 2 aromatic carbocycles. The first-order valence-electron chi connectivity index (χ1n) is 15.3. The lowest BCUT2D eigenvalue weighted by molar-refractivity contribution is 0.0556. The van der Waals surface area contributed by atoms with E-state index in [0.717, 1.165) is 86.4 Å². The molecule has 0 radical (unpaired) electrons. The van der Waals surface area contributed by atoms with Crippen LogP contribution in [-0.4, -0.2) is 33.7 Å². The van der Waals surface area contributed by atoms with E-state index in [4.69, 9.17) is 9.47 Å². The van der Waals surface area contributed by atoms with Crippen LogP contribution in [0.2, 0.25) is 0 Å². The third-order valence-corrected chi connectivity index (χ3v) is 8.35. The van der Waals surface area contributed by atoms with Crippen molar-refractivity contribution < 1.29 is 34.1 Å². The molecule has 1 atom stereocenters. The number of aromatic carboxylic acids is 2. The smallest absolute Gasteiger partial charge is 0.344 e. The Morgan fingerprint density at radius 3 is 2.11 bits per heavy atom. The van der Waals surface area contributed by atoms with Crippen LogP contribution in [0.1, 0.15) is 127 Å². The van der Waals surface area contributed by atoms with Crippen LogP contribution < -0.4 is 9.47 Å². The van der Waals surface area contributed by atoms with E-state index in [1.807, 2.05) is 13.8 Å². The van der Waals surface area contributed by atoms with Gasteiger partial charge < -0.3 is 19.7 Å².